The van der Waals surface area contributed by atoms with Crippen LogP contribution in [0.4, 0.5) is 23.2 Å². The third-order valence-corrected chi connectivity index (χ3v) is 4.79. The van der Waals surface area contributed by atoms with Crippen molar-refractivity contribution in [2.45, 2.75) is 19.8 Å². The Kier molecular flexibility index (Phi) is 4.96. The number of alkyl halides is 4. The van der Waals surface area contributed by atoms with Gasteiger partial charge >= 0.3 is 13.2 Å². The van der Waals surface area contributed by atoms with Crippen LogP contribution >= 0.6 is 11.6 Å². The SMILES string of the molecule is O=C1c2c(c(OC(F)F)c3ccccc3c2OC(F)F)CN1c1cc[c]cc1Cl. The van der Waals surface area contributed by atoms with Gasteiger partial charge in [-0.25, -0.2) is 0 Å². The van der Waals surface area contributed by atoms with Crippen molar-refractivity contribution in [2.75, 3.05) is 4.90 Å². The number of carbonyl (C=O) groups excluding carboxylic acids is 1. The van der Waals surface area contributed by atoms with Gasteiger partial charge in [-0.05, 0) is 18.2 Å². The molecule has 0 unspecified atom stereocenters. The summed E-state index contributed by atoms with van der Waals surface area (Å²) < 4.78 is 61.8. The number of hydrogen-bond donors (Lipinski definition) is 0. The smallest absolute Gasteiger partial charge is 0.387 e. The zero-order chi connectivity index (χ0) is 20.7. The van der Waals surface area contributed by atoms with E-state index in [1.165, 1.54) is 47.4 Å². The number of benzene rings is 3. The van der Waals surface area contributed by atoms with E-state index in [0.29, 0.717) is 0 Å². The molecular formula is C20H11ClF4NO3. The van der Waals surface area contributed by atoms with Crippen molar-refractivity contribution < 1.29 is 31.8 Å². The monoisotopic (exact) mass is 424 g/mol. The third kappa shape index (κ3) is 3.33. The van der Waals surface area contributed by atoms with Crippen molar-refractivity contribution in [2.24, 2.45) is 0 Å². The number of anilines is 1. The molecule has 9 heteroatoms. The van der Waals surface area contributed by atoms with Crippen LogP contribution in [-0.4, -0.2) is 19.1 Å². The summed E-state index contributed by atoms with van der Waals surface area (Å²) >= 11 is 6.14. The van der Waals surface area contributed by atoms with Gasteiger partial charge in [-0.3, -0.25) is 4.79 Å². The van der Waals surface area contributed by atoms with Crippen molar-refractivity contribution in [3.05, 3.63) is 64.7 Å². The van der Waals surface area contributed by atoms with E-state index in [-0.39, 0.29) is 44.9 Å². The van der Waals surface area contributed by atoms with Gasteiger partial charge in [-0.2, -0.15) is 17.6 Å². The Morgan fingerprint density at radius 2 is 1.62 bits per heavy atom. The molecule has 0 atom stereocenters. The molecule has 1 amide bonds. The summed E-state index contributed by atoms with van der Waals surface area (Å²) in [5.74, 6) is -1.37. The van der Waals surface area contributed by atoms with E-state index >= 15 is 0 Å². The molecule has 0 saturated carbocycles. The first-order valence-electron chi connectivity index (χ1n) is 8.33. The lowest BCUT2D eigenvalue weighted by Gasteiger charge is -2.17. The van der Waals surface area contributed by atoms with Crippen LogP contribution in [0.15, 0.2) is 42.5 Å². The quantitative estimate of drug-likeness (QED) is 0.496. The molecule has 1 aliphatic rings. The van der Waals surface area contributed by atoms with Gasteiger partial charge in [0.25, 0.3) is 5.91 Å². The van der Waals surface area contributed by atoms with Crippen molar-refractivity contribution >= 4 is 34.0 Å². The number of nitrogens with zero attached hydrogens (tertiary/aromatic N) is 1. The molecule has 0 spiro atoms. The van der Waals surface area contributed by atoms with Crippen LogP contribution in [0.2, 0.25) is 5.02 Å². The molecular weight excluding hydrogens is 414 g/mol. The molecule has 3 aromatic rings. The molecule has 0 saturated heterocycles. The number of hydrogen-bond acceptors (Lipinski definition) is 3. The summed E-state index contributed by atoms with van der Waals surface area (Å²) in [7, 11) is 0. The molecule has 3 aromatic carbocycles. The number of halogens is 5. The van der Waals surface area contributed by atoms with E-state index in [4.69, 9.17) is 16.3 Å². The van der Waals surface area contributed by atoms with E-state index in [2.05, 4.69) is 10.8 Å². The first kappa shape index (κ1) is 19.3. The average Bonchev–Trinajstić information content (AvgIpc) is 3.01. The van der Waals surface area contributed by atoms with E-state index < -0.39 is 24.9 Å². The maximum atomic E-state index is 13.1. The fraction of sp³-hybridized carbons (Fsp3) is 0.150. The molecule has 1 radical (unpaired) electrons. The summed E-state index contributed by atoms with van der Waals surface area (Å²) in [5.41, 5.74) is 0.0405. The average molecular weight is 425 g/mol. The van der Waals surface area contributed by atoms with Crippen LogP contribution in [-0.2, 0) is 6.54 Å². The Hall–Kier alpha value is -3.00. The predicted molar refractivity (Wildman–Crippen MR) is 98.0 cm³/mol. The number of amides is 1. The number of fused-ring (bicyclic) bond motifs is 2. The lowest BCUT2D eigenvalue weighted by atomic mass is 9.99. The van der Waals surface area contributed by atoms with Crippen LogP contribution in [0.5, 0.6) is 11.5 Å². The van der Waals surface area contributed by atoms with Gasteiger partial charge in [-0.15, -0.1) is 0 Å². The Morgan fingerprint density at radius 1 is 1.00 bits per heavy atom. The Morgan fingerprint density at radius 3 is 2.24 bits per heavy atom. The lowest BCUT2D eigenvalue weighted by molar-refractivity contribution is -0.0519. The molecule has 29 heavy (non-hydrogen) atoms. The highest BCUT2D eigenvalue weighted by Crippen LogP contribution is 2.47. The third-order valence-electron chi connectivity index (χ3n) is 4.49. The minimum absolute atomic E-state index is 0.0218. The van der Waals surface area contributed by atoms with Crippen LogP contribution in [0, 0.1) is 6.07 Å². The molecule has 4 nitrogen and oxygen atoms in total. The maximum absolute atomic E-state index is 13.1. The zero-order valence-corrected chi connectivity index (χ0v) is 15.2. The highest BCUT2D eigenvalue weighted by atomic mass is 35.5. The van der Waals surface area contributed by atoms with E-state index in [1.54, 1.807) is 0 Å². The second kappa shape index (κ2) is 7.44. The van der Waals surface area contributed by atoms with Crippen LogP contribution in [0.3, 0.4) is 0 Å². The number of carbonyl (C=O) groups is 1. The van der Waals surface area contributed by atoms with Gasteiger partial charge in [-0.1, -0.05) is 41.9 Å². The fourth-order valence-corrected chi connectivity index (χ4v) is 3.65. The maximum Gasteiger partial charge on any atom is 0.387 e. The van der Waals surface area contributed by atoms with E-state index in [9.17, 15) is 22.4 Å². The summed E-state index contributed by atoms with van der Waals surface area (Å²) in [6, 6.07) is 13.1. The van der Waals surface area contributed by atoms with Gasteiger partial charge in [0, 0.05) is 16.3 Å². The van der Waals surface area contributed by atoms with Crippen molar-refractivity contribution in [1.29, 1.82) is 0 Å². The normalized spacial score (nSPS) is 13.5. The van der Waals surface area contributed by atoms with Crippen molar-refractivity contribution in [3.8, 4) is 11.5 Å². The summed E-state index contributed by atoms with van der Waals surface area (Å²) in [4.78, 5) is 14.3. The van der Waals surface area contributed by atoms with Crippen LogP contribution in [0.1, 0.15) is 15.9 Å². The molecule has 4 rings (SSSR count). The highest BCUT2D eigenvalue weighted by molar-refractivity contribution is 6.34. The summed E-state index contributed by atoms with van der Waals surface area (Å²) in [6.45, 7) is -6.60. The molecule has 0 N–H and O–H groups in total. The summed E-state index contributed by atoms with van der Waals surface area (Å²) in [6.07, 6.45) is 0. The Bertz CT molecular complexity index is 1110. The Balaban J connectivity index is 1.99. The Labute approximate surface area is 167 Å². The van der Waals surface area contributed by atoms with Crippen LogP contribution in [0.25, 0.3) is 10.8 Å². The van der Waals surface area contributed by atoms with Gasteiger partial charge in [0.1, 0.15) is 11.5 Å². The topological polar surface area (TPSA) is 38.8 Å². The second-order valence-corrected chi connectivity index (χ2v) is 6.49. The standard InChI is InChI=1S/C20H11ClF4NO3/c21-13-7-3-4-8-14(13)26-9-12-15(18(26)27)17(29-20(24)25)11-6-2-1-5-10(11)16(12)28-19(22)23/h1-2,4-8,19-20H,9H2. The fourth-order valence-electron chi connectivity index (χ4n) is 3.42. The molecule has 0 bridgehead atoms. The molecule has 0 fully saturated rings. The van der Waals surface area contributed by atoms with Gasteiger partial charge in [0.05, 0.1) is 22.8 Å². The highest BCUT2D eigenvalue weighted by Gasteiger charge is 2.38. The second-order valence-electron chi connectivity index (χ2n) is 6.08. The zero-order valence-electron chi connectivity index (χ0n) is 14.5. The number of ether oxygens (including phenoxy) is 2. The molecule has 0 aliphatic carbocycles. The largest absolute Gasteiger partial charge is 0.434 e. The van der Waals surface area contributed by atoms with Crippen molar-refractivity contribution in [3.63, 3.8) is 0 Å². The van der Waals surface area contributed by atoms with E-state index in [1.807, 2.05) is 0 Å². The molecule has 149 valence electrons. The minimum Gasteiger partial charge on any atom is -0.434 e. The molecule has 0 aromatic heterocycles. The lowest BCUT2D eigenvalue weighted by Crippen LogP contribution is -2.23. The van der Waals surface area contributed by atoms with Crippen LogP contribution < -0.4 is 14.4 Å². The van der Waals surface area contributed by atoms with Crippen molar-refractivity contribution in [1.82, 2.24) is 0 Å². The first-order chi connectivity index (χ1) is 13.9. The van der Waals surface area contributed by atoms with Gasteiger partial charge < -0.3 is 14.4 Å². The van der Waals surface area contributed by atoms with Gasteiger partial charge in [0.15, 0.2) is 0 Å². The predicted octanol–water partition coefficient (Wildman–Crippen LogP) is 5.66. The van der Waals surface area contributed by atoms with Gasteiger partial charge in [0.2, 0.25) is 0 Å². The minimum atomic E-state index is -3.22. The number of rotatable bonds is 5. The summed E-state index contributed by atoms with van der Waals surface area (Å²) in [5, 5.41) is 0.375. The molecule has 1 aliphatic heterocycles. The first-order valence-corrected chi connectivity index (χ1v) is 8.71. The molecule has 1 heterocycles. The van der Waals surface area contributed by atoms with E-state index in [0.717, 1.165) is 0 Å².